The molecule has 0 bridgehead atoms. The smallest absolute Gasteiger partial charge is 0.282 e. The van der Waals surface area contributed by atoms with Gasteiger partial charge >= 0.3 is 0 Å². The minimum Gasteiger partial charge on any atom is -0.333 e. The Morgan fingerprint density at radius 1 is 0.873 bits per heavy atom. The molecule has 1 saturated carbocycles. The Bertz CT molecular complexity index is 2420. The number of hydrogen-bond donors (Lipinski definition) is 1. The van der Waals surface area contributed by atoms with Crippen LogP contribution < -0.4 is 10.9 Å². The van der Waals surface area contributed by atoms with Gasteiger partial charge in [-0.2, -0.15) is 4.98 Å². The van der Waals surface area contributed by atoms with Gasteiger partial charge in [-0.25, -0.2) is 0 Å². The molecule has 1 spiro atoms. The zero-order valence-corrected chi connectivity index (χ0v) is 31.0. The van der Waals surface area contributed by atoms with Crippen molar-refractivity contribution < 1.29 is 24.0 Å². The number of imide groups is 2. The normalized spacial score (nSPS) is 21.9. The summed E-state index contributed by atoms with van der Waals surface area (Å²) in [5.74, 6) is -0.988. The summed E-state index contributed by atoms with van der Waals surface area (Å²) in [6.45, 7) is 2.52. The maximum Gasteiger partial charge on any atom is 0.282 e. The van der Waals surface area contributed by atoms with Gasteiger partial charge in [0.2, 0.25) is 17.7 Å². The number of aromatic nitrogens is 2. The van der Waals surface area contributed by atoms with Gasteiger partial charge in [0.15, 0.2) is 0 Å². The molecule has 1 aliphatic carbocycles. The number of fused-ring (bicyclic) bond motifs is 9. The minimum atomic E-state index is -1.01. The number of rotatable bonds is 4. The molecule has 3 fully saturated rings. The lowest BCUT2D eigenvalue weighted by molar-refractivity contribution is -0.136. The molecule has 55 heavy (non-hydrogen) atoms. The number of nitrogens with zero attached hydrogens (tertiary/aromatic N) is 5. The van der Waals surface area contributed by atoms with Crippen LogP contribution in [-0.2, 0) is 32.9 Å². The lowest BCUT2D eigenvalue weighted by Crippen LogP contribution is -2.54. The Morgan fingerprint density at radius 2 is 1.58 bits per heavy atom. The van der Waals surface area contributed by atoms with Crippen molar-refractivity contribution in [3.05, 3.63) is 103 Å². The van der Waals surface area contributed by atoms with Crippen LogP contribution in [0.15, 0.2) is 53.3 Å². The number of halogens is 1. The molecular weight excluding hydrogens is 720 g/mol. The van der Waals surface area contributed by atoms with Gasteiger partial charge in [-0.05, 0) is 104 Å². The van der Waals surface area contributed by atoms with E-state index in [-0.39, 0.29) is 47.4 Å². The summed E-state index contributed by atoms with van der Waals surface area (Å²) in [6.07, 6.45) is 7.28. The first kappa shape index (κ1) is 34.3. The third-order valence-corrected chi connectivity index (χ3v) is 13.3. The largest absolute Gasteiger partial charge is 0.333 e. The number of piperidine rings is 2. The van der Waals surface area contributed by atoms with Gasteiger partial charge in [-0.3, -0.25) is 48.5 Å². The van der Waals surface area contributed by atoms with E-state index >= 15 is 0 Å². The molecule has 1 unspecified atom stereocenters. The Hall–Kier alpha value is -5.20. The first-order valence-electron chi connectivity index (χ1n) is 19.4. The Labute approximate surface area is 321 Å². The van der Waals surface area contributed by atoms with Gasteiger partial charge in [-0.15, -0.1) is 0 Å². The highest BCUT2D eigenvalue weighted by atomic mass is 35.5. The second-order valence-corrected chi connectivity index (χ2v) is 16.5. The van der Waals surface area contributed by atoms with Crippen LogP contribution in [-0.4, -0.2) is 79.5 Å². The van der Waals surface area contributed by atoms with Crippen LogP contribution in [0.1, 0.15) is 112 Å². The summed E-state index contributed by atoms with van der Waals surface area (Å²) >= 11 is 6.57. The van der Waals surface area contributed by atoms with Crippen LogP contribution in [0, 0.1) is 0 Å². The maximum absolute atomic E-state index is 13.6. The summed E-state index contributed by atoms with van der Waals surface area (Å²) in [6, 6.07) is 14.8. The van der Waals surface area contributed by atoms with Crippen LogP contribution in [0.2, 0.25) is 5.02 Å². The first-order valence-corrected chi connectivity index (χ1v) is 19.7. The fourth-order valence-corrected chi connectivity index (χ4v) is 10.5. The SMILES string of the molecule is O=C1CCC(N2C(=O)c3cc4c(cc3C2=O)CN(C(=O)CN2CCC(c3ccc5c(c3)-n3c(nc(=O)c6c(Cl)cccc63)C53CCCCC3)CC2)C4)C(=O)N1. The molecule has 280 valence electrons. The summed E-state index contributed by atoms with van der Waals surface area (Å²) < 4.78 is 2.20. The molecule has 4 aromatic rings. The van der Waals surface area contributed by atoms with Crippen molar-refractivity contribution in [2.75, 3.05) is 19.6 Å². The third kappa shape index (κ3) is 5.24. The zero-order valence-electron chi connectivity index (χ0n) is 30.2. The van der Waals surface area contributed by atoms with E-state index in [4.69, 9.17) is 16.6 Å². The predicted octanol–water partition coefficient (Wildman–Crippen LogP) is 4.73. The molecule has 5 amide bonds. The lowest BCUT2D eigenvalue weighted by atomic mass is 9.69. The fraction of sp³-hybridized carbons (Fsp3) is 0.405. The average molecular weight is 759 g/mol. The first-order chi connectivity index (χ1) is 26.6. The van der Waals surface area contributed by atoms with E-state index in [9.17, 15) is 28.8 Å². The molecule has 1 aromatic heterocycles. The second kappa shape index (κ2) is 12.7. The van der Waals surface area contributed by atoms with E-state index in [1.165, 1.54) is 17.5 Å². The van der Waals surface area contributed by atoms with Crippen molar-refractivity contribution in [3.63, 3.8) is 0 Å². The summed E-state index contributed by atoms with van der Waals surface area (Å²) in [5.41, 5.74) is 5.96. The fourth-order valence-electron chi connectivity index (χ4n) is 10.2. The van der Waals surface area contributed by atoms with Crippen molar-refractivity contribution >= 4 is 52.0 Å². The Kier molecular flexibility index (Phi) is 7.90. The number of benzene rings is 3. The van der Waals surface area contributed by atoms with Crippen molar-refractivity contribution in [2.24, 2.45) is 0 Å². The highest BCUT2D eigenvalue weighted by Gasteiger charge is 2.48. The van der Waals surface area contributed by atoms with Gasteiger partial charge in [-0.1, -0.05) is 49.1 Å². The van der Waals surface area contributed by atoms with Gasteiger partial charge in [0.1, 0.15) is 11.9 Å². The van der Waals surface area contributed by atoms with Gasteiger partial charge in [0.25, 0.3) is 17.4 Å². The maximum atomic E-state index is 13.6. The molecule has 3 aromatic carbocycles. The molecule has 5 aliphatic heterocycles. The van der Waals surface area contributed by atoms with Crippen molar-refractivity contribution in [1.29, 1.82) is 0 Å². The molecule has 1 N–H and O–H groups in total. The molecule has 0 radical (unpaired) electrons. The second-order valence-electron chi connectivity index (χ2n) is 16.0. The van der Waals surface area contributed by atoms with Gasteiger partial charge in [0, 0.05) is 19.5 Å². The molecule has 6 heterocycles. The highest BCUT2D eigenvalue weighted by molar-refractivity contribution is 6.35. The van der Waals surface area contributed by atoms with E-state index in [0.29, 0.717) is 29.4 Å². The van der Waals surface area contributed by atoms with Crippen LogP contribution in [0.5, 0.6) is 0 Å². The number of hydrogen-bond acceptors (Lipinski definition) is 8. The zero-order chi connectivity index (χ0) is 37.7. The summed E-state index contributed by atoms with van der Waals surface area (Å²) in [7, 11) is 0. The van der Waals surface area contributed by atoms with E-state index in [0.717, 1.165) is 84.7 Å². The van der Waals surface area contributed by atoms with Crippen LogP contribution in [0.4, 0.5) is 0 Å². The van der Waals surface area contributed by atoms with E-state index in [1.807, 2.05) is 12.1 Å². The highest BCUT2D eigenvalue weighted by Crippen LogP contribution is 2.52. The average Bonchev–Trinajstić information content (AvgIpc) is 3.79. The standard InChI is InChI=1S/C42H39ClN6O6/c43-30-5-4-6-31-36(30)38(53)45-41-42(13-2-1-3-14-42)29-8-7-24(19-33(29)48(31)41)23-11-15-46(16-12-23)22-35(51)47-20-25-17-27-28(18-26(25)21-47)40(55)49(39(27)54)32-9-10-34(50)44-37(32)52/h4-8,17-19,23,32H,1-3,9-16,20-22H2,(H,44,50,52). The van der Waals surface area contributed by atoms with Crippen LogP contribution in [0.3, 0.4) is 0 Å². The van der Waals surface area contributed by atoms with Crippen molar-refractivity contribution in [1.82, 2.24) is 29.6 Å². The summed E-state index contributed by atoms with van der Waals surface area (Å²) in [4.78, 5) is 87.4. The molecule has 1 atom stereocenters. The molecule has 12 nitrogen and oxygen atoms in total. The topological polar surface area (TPSA) is 142 Å². The Balaban J connectivity index is 0.826. The monoisotopic (exact) mass is 758 g/mol. The number of nitrogens with one attached hydrogen (secondary N) is 1. The molecule has 6 aliphatic rings. The Morgan fingerprint density at radius 3 is 2.27 bits per heavy atom. The lowest BCUT2D eigenvalue weighted by Gasteiger charge is -2.34. The number of likely N-dealkylation sites (tertiary alicyclic amines) is 1. The molecule has 13 heteroatoms. The number of carbonyl (C=O) groups excluding carboxylic acids is 5. The molecular formula is C42H39ClN6O6. The third-order valence-electron chi connectivity index (χ3n) is 13.0. The van der Waals surface area contributed by atoms with E-state index in [2.05, 4.69) is 33.0 Å². The number of amides is 5. The van der Waals surface area contributed by atoms with E-state index < -0.39 is 29.7 Å². The van der Waals surface area contributed by atoms with Crippen molar-refractivity contribution in [3.8, 4) is 5.69 Å². The minimum absolute atomic E-state index is 0.00303. The van der Waals surface area contributed by atoms with Crippen molar-refractivity contribution in [2.45, 2.75) is 88.3 Å². The van der Waals surface area contributed by atoms with Gasteiger partial charge < -0.3 is 4.90 Å². The van der Waals surface area contributed by atoms with Crippen LogP contribution in [0.25, 0.3) is 16.6 Å². The van der Waals surface area contributed by atoms with E-state index in [1.54, 1.807) is 23.1 Å². The van der Waals surface area contributed by atoms with Crippen LogP contribution >= 0.6 is 11.6 Å². The number of carbonyl (C=O) groups is 5. The quantitative estimate of drug-likeness (QED) is 0.295. The predicted molar refractivity (Wildman–Crippen MR) is 202 cm³/mol. The van der Waals surface area contributed by atoms with Gasteiger partial charge in [0.05, 0.1) is 44.7 Å². The summed E-state index contributed by atoms with van der Waals surface area (Å²) in [5, 5.41) is 3.10. The molecule has 2 saturated heterocycles. The molecule has 10 rings (SSSR count).